The standard InChI is InChI=1S/C31H30N4O5S/c1-3-5-13-27-34-30(37)28(31(38)35(27)26(4-2)22-10-8-9-20(18-22)19-32)41(39,40)23-16-14-21(15-17-23)24-11-6-7-12-25(24)29(33)36/h6-12,14-18,26,38H,3-5,13H2,1-2H3,(H2,33,36). The average molecular weight is 571 g/mol. The highest BCUT2D eigenvalue weighted by molar-refractivity contribution is 7.91. The Morgan fingerprint density at radius 3 is 2.41 bits per heavy atom. The predicted octanol–water partition coefficient (Wildman–Crippen LogP) is 4.76. The Morgan fingerprint density at radius 2 is 1.78 bits per heavy atom. The quantitative estimate of drug-likeness (QED) is 0.278. The Morgan fingerprint density at radius 1 is 1.07 bits per heavy atom. The summed E-state index contributed by atoms with van der Waals surface area (Å²) in [5.74, 6) is -1.06. The number of nitriles is 1. The summed E-state index contributed by atoms with van der Waals surface area (Å²) in [7, 11) is -4.51. The van der Waals surface area contributed by atoms with Gasteiger partial charge in [-0.3, -0.25) is 14.2 Å². The first kappa shape index (κ1) is 29.2. The van der Waals surface area contributed by atoms with E-state index in [9.17, 15) is 28.4 Å². The van der Waals surface area contributed by atoms with E-state index in [0.717, 1.165) is 6.42 Å². The molecule has 4 aromatic rings. The number of aromatic nitrogens is 2. The monoisotopic (exact) mass is 570 g/mol. The van der Waals surface area contributed by atoms with Crippen LogP contribution in [0.5, 0.6) is 5.88 Å². The highest BCUT2D eigenvalue weighted by Crippen LogP contribution is 2.34. The van der Waals surface area contributed by atoms with E-state index in [-0.39, 0.29) is 16.3 Å². The van der Waals surface area contributed by atoms with Gasteiger partial charge < -0.3 is 10.8 Å². The number of aromatic hydroxyl groups is 1. The van der Waals surface area contributed by atoms with Crippen LogP contribution >= 0.6 is 0 Å². The molecule has 0 saturated carbocycles. The van der Waals surface area contributed by atoms with Crippen LogP contribution in [0, 0.1) is 11.3 Å². The molecule has 10 heteroatoms. The van der Waals surface area contributed by atoms with E-state index >= 15 is 0 Å². The van der Waals surface area contributed by atoms with Crippen molar-refractivity contribution in [2.24, 2.45) is 5.73 Å². The largest absolute Gasteiger partial charge is 0.493 e. The van der Waals surface area contributed by atoms with Gasteiger partial charge in [-0.1, -0.05) is 62.7 Å². The molecule has 210 valence electrons. The minimum Gasteiger partial charge on any atom is -0.493 e. The Hall–Kier alpha value is -4.75. The zero-order chi connectivity index (χ0) is 29.7. The van der Waals surface area contributed by atoms with Crippen LogP contribution in [0.2, 0.25) is 0 Å². The van der Waals surface area contributed by atoms with Crippen LogP contribution in [-0.4, -0.2) is 29.0 Å². The summed E-state index contributed by atoms with van der Waals surface area (Å²) in [6.45, 7) is 3.84. The molecule has 3 aromatic carbocycles. The second kappa shape index (κ2) is 12.2. The van der Waals surface area contributed by atoms with Gasteiger partial charge in [0.1, 0.15) is 5.82 Å². The molecule has 4 rings (SSSR count). The Bertz CT molecular complexity index is 1810. The van der Waals surface area contributed by atoms with Crippen molar-refractivity contribution >= 4 is 15.7 Å². The topological polar surface area (TPSA) is 156 Å². The molecule has 9 nitrogen and oxygen atoms in total. The third kappa shape index (κ3) is 5.76. The molecule has 1 atom stereocenters. The second-order valence-electron chi connectivity index (χ2n) is 9.56. The number of sulfone groups is 1. The summed E-state index contributed by atoms with van der Waals surface area (Å²) in [4.78, 5) is 28.2. The minimum atomic E-state index is -4.51. The highest BCUT2D eigenvalue weighted by atomic mass is 32.2. The van der Waals surface area contributed by atoms with E-state index in [2.05, 4.69) is 11.1 Å². The first-order valence-electron chi connectivity index (χ1n) is 13.2. The molecular weight excluding hydrogens is 540 g/mol. The van der Waals surface area contributed by atoms with Crippen molar-refractivity contribution in [1.82, 2.24) is 9.55 Å². The van der Waals surface area contributed by atoms with Gasteiger partial charge in [0.2, 0.25) is 21.6 Å². The maximum Gasteiger partial charge on any atom is 0.296 e. The fourth-order valence-electron chi connectivity index (χ4n) is 4.89. The van der Waals surface area contributed by atoms with Crippen molar-refractivity contribution < 1.29 is 18.3 Å². The molecule has 1 amide bonds. The van der Waals surface area contributed by atoms with Gasteiger partial charge in [0.15, 0.2) is 4.90 Å². The fourth-order valence-corrected chi connectivity index (χ4v) is 6.23. The average Bonchev–Trinajstić information content (AvgIpc) is 2.97. The number of rotatable bonds is 10. The SMILES string of the molecule is CCCCc1nc(=O)c(S(=O)(=O)c2ccc(-c3ccccc3C(N)=O)cc2)c(O)n1C(CC)c1cccc(C#N)c1. The summed E-state index contributed by atoms with van der Waals surface area (Å²) in [5, 5.41) is 20.9. The van der Waals surface area contributed by atoms with E-state index in [1.165, 1.54) is 28.8 Å². The number of amides is 1. The van der Waals surface area contributed by atoms with Crippen molar-refractivity contribution in [3.05, 3.63) is 106 Å². The zero-order valence-corrected chi connectivity index (χ0v) is 23.6. The molecule has 0 spiro atoms. The lowest BCUT2D eigenvalue weighted by molar-refractivity contribution is 0.100. The zero-order valence-electron chi connectivity index (χ0n) is 22.7. The molecule has 0 aliphatic heterocycles. The van der Waals surface area contributed by atoms with E-state index < -0.39 is 38.1 Å². The second-order valence-corrected chi connectivity index (χ2v) is 11.4. The molecular formula is C31H30N4O5S. The normalized spacial score (nSPS) is 12.0. The smallest absolute Gasteiger partial charge is 0.296 e. The van der Waals surface area contributed by atoms with Crippen molar-refractivity contribution in [2.75, 3.05) is 0 Å². The number of nitrogens with zero attached hydrogens (tertiary/aromatic N) is 3. The van der Waals surface area contributed by atoms with Crippen LogP contribution < -0.4 is 11.3 Å². The summed E-state index contributed by atoms with van der Waals surface area (Å²) >= 11 is 0. The van der Waals surface area contributed by atoms with Crippen LogP contribution in [0.1, 0.15) is 66.5 Å². The molecule has 0 aliphatic rings. The molecule has 1 heterocycles. The maximum atomic E-state index is 13.8. The molecule has 3 N–H and O–H groups in total. The van der Waals surface area contributed by atoms with Gasteiger partial charge in [0.25, 0.3) is 5.56 Å². The third-order valence-corrected chi connectivity index (χ3v) is 8.71. The number of aryl methyl sites for hydroxylation is 1. The third-order valence-electron chi connectivity index (χ3n) is 6.92. The van der Waals surface area contributed by atoms with Gasteiger partial charge in [-0.25, -0.2) is 8.42 Å². The van der Waals surface area contributed by atoms with Gasteiger partial charge >= 0.3 is 0 Å². The van der Waals surface area contributed by atoms with Crippen molar-refractivity contribution in [3.8, 4) is 23.1 Å². The first-order valence-corrected chi connectivity index (χ1v) is 14.7. The van der Waals surface area contributed by atoms with E-state index in [0.29, 0.717) is 41.5 Å². The Balaban J connectivity index is 1.87. The van der Waals surface area contributed by atoms with Gasteiger partial charge in [-0.2, -0.15) is 10.2 Å². The number of carbonyl (C=O) groups is 1. The Labute approximate surface area is 238 Å². The summed E-state index contributed by atoms with van der Waals surface area (Å²) in [6, 6.07) is 20.7. The van der Waals surface area contributed by atoms with E-state index in [1.807, 2.05) is 13.8 Å². The van der Waals surface area contributed by atoms with Gasteiger partial charge in [-0.15, -0.1) is 0 Å². The van der Waals surface area contributed by atoms with Gasteiger partial charge in [-0.05, 0) is 59.9 Å². The summed E-state index contributed by atoms with van der Waals surface area (Å²) < 4.78 is 29.0. The molecule has 0 radical (unpaired) electrons. The number of hydrogen-bond donors (Lipinski definition) is 2. The molecule has 41 heavy (non-hydrogen) atoms. The molecule has 0 fully saturated rings. The number of benzene rings is 3. The lowest BCUT2D eigenvalue weighted by Crippen LogP contribution is -2.27. The fraction of sp³-hybridized carbons (Fsp3) is 0.226. The number of primary amides is 1. The molecule has 1 unspecified atom stereocenters. The minimum absolute atomic E-state index is 0.223. The first-order chi connectivity index (χ1) is 19.6. The van der Waals surface area contributed by atoms with Crippen LogP contribution in [-0.2, 0) is 16.3 Å². The van der Waals surface area contributed by atoms with Gasteiger partial charge in [0.05, 0.1) is 22.6 Å². The summed E-state index contributed by atoms with van der Waals surface area (Å²) in [5.41, 5.74) is 6.89. The maximum absolute atomic E-state index is 13.8. The Kier molecular flexibility index (Phi) is 8.69. The van der Waals surface area contributed by atoms with Crippen LogP contribution in [0.15, 0.2) is 87.4 Å². The van der Waals surface area contributed by atoms with Crippen molar-refractivity contribution in [1.29, 1.82) is 5.26 Å². The van der Waals surface area contributed by atoms with E-state index in [1.54, 1.807) is 48.5 Å². The molecule has 1 aromatic heterocycles. The summed E-state index contributed by atoms with van der Waals surface area (Å²) in [6.07, 6.45) is 2.24. The van der Waals surface area contributed by atoms with Crippen LogP contribution in [0.25, 0.3) is 11.1 Å². The number of carbonyl (C=O) groups excluding carboxylic acids is 1. The highest BCUT2D eigenvalue weighted by Gasteiger charge is 2.32. The van der Waals surface area contributed by atoms with Crippen LogP contribution in [0.4, 0.5) is 0 Å². The number of unbranched alkanes of at least 4 members (excludes halogenated alkanes) is 1. The molecule has 0 aliphatic carbocycles. The van der Waals surface area contributed by atoms with Gasteiger partial charge in [0, 0.05) is 12.0 Å². The predicted molar refractivity (Wildman–Crippen MR) is 154 cm³/mol. The van der Waals surface area contributed by atoms with E-state index in [4.69, 9.17) is 5.73 Å². The number of hydrogen-bond acceptors (Lipinski definition) is 7. The molecule has 0 bridgehead atoms. The number of nitrogens with two attached hydrogens (primary N) is 1. The lowest BCUT2D eigenvalue weighted by Gasteiger charge is -2.25. The van der Waals surface area contributed by atoms with Crippen molar-refractivity contribution in [2.45, 2.75) is 55.4 Å². The molecule has 0 saturated heterocycles. The van der Waals surface area contributed by atoms with Crippen LogP contribution in [0.3, 0.4) is 0 Å². The van der Waals surface area contributed by atoms with Crippen molar-refractivity contribution in [3.63, 3.8) is 0 Å². The lowest BCUT2D eigenvalue weighted by atomic mass is 9.99.